The van der Waals surface area contributed by atoms with Crippen LogP contribution in [0.5, 0.6) is 0 Å². The Bertz CT molecular complexity index is 461. The van der Waals surface area contributed by atoms with E-state index in [-0.39, 0.29) is 6.10 Å². The first-order valence-electron chi connectivity index (χ1n) is 8.02. The van der Waals surface area contributed by atoms with Crippen LogP contribution in [0.3, 0.4) is 0 Å². The number of ether oxygens (including phenoxy) is 1. The molecule has 1 aromatic heterocycles. The van der Waals surface area contributed by atoms with Crippen molar-refractivity contribution in [1.29, 1.82) is 0 Å². The molecule has 0 aliphatic carbocycles. The molecule has 1 aliphatic rings. The van der Waals surface area contributed by atoms with E-state index in [1.807, 2.05) is 6.20 Å². The monoisotopic (exact) mass is 291 g/mol. The summed E-state index contributed by atoms with van der Waals surface area (Å²) in [5.74, 6) is 0.661. The van der Waals surface area contributed by atoms with Crippen LogP contribution in [-0.2, 0) is 11.3 Å². The predicted octanol–water partition coefficient (Wildman–Crippen LogP) is 2.75. The number of aromatic nitrogens is 1. The summed E-state index contributed by atoms with van der Waals surface area (Å²) in [5.41, 5.74) is 3.66. The van der Waals surface area contributed by atoms with Crippen molar-refractivity contribution in [2.75, 3.05) is 24.6 Å². The molecule has 0 saturated carbocycles. The SMILES string of the molecule is Cc1cc(N2CC(C)OCC2C)c(CNCC(C)C)cn1. The molecule has 2 rings (SSSR count). The Labute approximate surface area is 128 Å². The number of nitrogens with zero attached hydrogens (tertiary/aromatic N) is 2. The fraction of sp³-hybridized carbons (Fsp3) is 0.706. The van der Waals surface area contributed by atoms with Crippen molar-refractivity contribution in [3.63, 3.8) is 0 Å². The molecule has 0 aromatic carbocycles. The number of aryl methyl sites for hydroxylation is 1. The molecule has 0 spiro atoms. The Morgan fingerprint density at radius 1 is 1.43 bits per heavy atom. The molecular weight excluding hydrogens is 262 g/mol. The summed E-state index contributed by atoms with van der Waals surface area (Å²) in [5, 5.41) is 3.53. The van der Waals surface area contributed by atoms with Crippen molar-refractivity contribution >= 4 is 5.69 Å². The van der Waals surface area contributed by atoms with Crippen LogP contribution in [0, 0.1) is 12.8 Å². The van der Waals surface area contributed by atoms with E-state index in [4.69, 9.17) is 4.74 Å². The van der Waals surface area contributed by atoms with Crippen LogP contribution in [0.15, 0.2) is 12.3 Å². The lowest BCUT2D eigenvalue weighted by Gasteiger charge is -2.39. The molecule has 1 aromatic rings. The third kappa shape index (κ3) is 4.42. The van der Waals surface area contributed by atoms with Crippen LogP contribution in [0.4, 0.5) is 5.69 Å². The maximum absolute atomic E-state index is 5.75. The number of anilines is 1. The van der Waals surface area contributed by atoms with Gasteiger partial charge in [0.2, 0.25) is 0 Å². The van der Waals surface area contributed by atoms with Gasteiger partial charge in [-0.15, -0.1) is 0 Å². The average Bonchev–Trinajstić information content (AvgIpc) is 2.43. The number of hydrogen-bond acceptors (Lipinski definition) is 4. The quantitative estimate of drug-likeness (QED) is 0.905. The maximum atomic E-state index is 5.75. The summed E-state index contributed by atoms with van der Waals surface area (Å²) < 4.78 is 5.75. The summed E-state index contributed by atoms with van der Waals surface area (Å²) in [6.07, 6.45) is 2.30. The van der Waals surface area contributed by atoms with E-state index >= 15 is 0 Å². The number of morpholine rings is 1. The van der Waals surface area contributed by atoms with Gasteiger partial charge in [0.15, 0.2) is 0 Å². The van der Waals surface area contributed by atoms with Gasteiger partial charge in [-0.25, -0.2) is 0 Å². The zero-order chi connectivity index (χ0) is 15.4. The molecule has 118 valence electrons. The Hall–Kier alpha value is -1.13. The second-order valence-electron chi connectivity index (χ2n) is 6.62. The minimum atomic E-state index is 0.283. The molecule has 2 unspecified atom stereocenters. The first-order chi connectivity index (χ1) is 9.97. The third-order valence-corrected chi connectivity index (χ3v) is 3.88. The van der Waals surface area contributed by atoms with Gasteiger partial charge in [0.1, 0.15) is 0 Å². The zero-order valence-corrected chi connectivity index (χ0v) is 14.0. The van der Waals surface area contributed by atoms with Gasteiger partial charge in [0.25, 0.3) is 0 Å². The summed E-state index contributed by atoms with van der Waals surface area (Å²) in [7, 11) is 0. The Morgan fingerprint density at radius 2 is 2.19 bits per heavy atom. The van der Waals surface area contributed by atoms with E-state index in [0.29, 0.717) is 12.0 Å². The number of rotatable bonds is 5. The van der Waals surface area contributed by atoms with Crippen LogP contribution in [-0.4, -0.2) is 36.8 Å². The first-order valence-corrected chi connectivity index (χ1v) is 8.02. The number of hydrogen-bond donors (Lipinski definition) is 1. The highest BCUT2D eigenvalue weighted by Crippen LogP contribution is 2.26. The first kappa shape index (κ1) is 16.2. The van der Waals surface area contributed by atoms with Gasteiger partial charge < -0.3 is 15.0 Å². The molecule has 21 heavy (non-hydrogen) atoms. The lowest BCUT2D eigenvalue weighted by molar-refractivity contribution is 0.0343. The van der Waals surface area contributed by atoms with Crippen molar-refractivity contribution in [1.82, 2.24) is 10.3 Å². The standard InChI is InChI=1S/C17H29N3O/c1-12(2)7-18-8-16-9-19-13(3)6-17(16)20-10-15(5)21-11-14(20)4/h6,9,12,14-15,18H,7-8,10-11H2,1-5H3. The predicted molar refractivity (Wildman–Crippen MR) is 87.7 cm³/mol. The molecule has 1 saturated heterocycles. The van der Waals surface area contributed by atoms with E-state index in [1.165, 1.54) is 11.3 Å². The van der Waals surface area contributed by atoms with E-state index in [1.54, 1.807) is 0 Å². The van der Waals surface area contributed by atoms with Crippen molar-refractivity contribution in [2.45, 2.75) is 53.3 Å². The molecule has 4 nitrogen and oxygen atoms in total. The summed E-state index contributed by atoms with van der Waals surface area (Å²) >= 11 is 0. The second-order valence-corrected chi connectivity index (χ2v) is 6.62. The minimum absolute atomic E-state index is 0.283. The second kappa shape index (κ2) is 7.23. The number of nitrogens with one attached hydrogen (secondary N) is 1. The number of pyridine rings is 1. The largest absolute Gasteiger partial charge is 0.375 e. The van der Waals surface area contributed by atoms with Crippen molar-refractivity contribution < 1.29 is 4.74 Å². The topological polar surface area (TPSA) is 37.4 Å². The molecule has 0 radical (unpaired) electrons. The minimum Gasteiger partial charge on any atom is -0.375 e. The van der Waals surface area contributed by atoms with E-state index in [2.05, 4.69) is 55.9 Å². The maximum Gasteiger partial charge on any atom is 0.0723 e. The molecule has 4 heteroatoms. The lowest BCUT2D eigenvalue weighted by atomic mass is 10.1. The van der Waals surface area contributed by atoms with Crippen LogP contribution in [0.2, 0.25) is 0 Å². The third-order valence-electron chi connectivity index (χ3n) is 3.88. The molecule has 2 atom stereocenters. The fourth-order valence-electron chi connectivity index (χ4n) is 2.71. The highest BCUT2D eigenvalue weighted by molar-refractivity contribution is 5.55. The van der Waals surface area contributed by atoms with E-state index in [9.17, 15) is 0 Å². The molecule has 1 aliphatic heterocycles. The average molecular weight is 291 g/mol. The summed E-state index contributed by atoms with van der Waals surface area (Å²) in [6, 6.07) is 2.62. The van der Waals surface area contributed by atoms with Crippen molar-refractivity contribution in [3.8, 4) is 0 Å². The highest BCUT2D eigenvalue weighted by Gasteiger charge is 2.25. The van der Waals surface area contributed by atoms with E-state index < -0.39 is 0 Å². The molecule has 2 heterocycles. The van der Waals surface area contributed by atoms with Gasteiger partial charge in [-0.1, -0.05) is 13.8 Å². The van der Waals surface area contributed by atoms with Crippen molar-refractivity contribution in [3.05, 3.63) is 23.5 Å². The van der Waals surface area contributed by atoms with E-state index in [0.717, 1.165) is 31.9 Å². The van der Waals surface area contributed by atoms with Gasteiger partial charge in [-0.2, -0.15) is 0 Å². The molecule has 0 amide bonds. The molecule has 1 fully saturated rings. The highest BCUT2D eigenvalue weighted by atomic mass is 16.5. The van der Waals surface area contributed by atoms with Gasteiger partial charge in [-0.3, -0.25) is 4.98 Å². The van der Waals surface area contributed by atoms with Crippen LogP contribution in [0.1, 0.15) is 39.0 Å². The Kier molecular flexibility index (Phi) is 5.59. The molecule has 0 bridgehead atoms. The van der Waals surface area contributed by atoms with Gasteiger partial charge in [0.05, 0.1) is 12.7 Å². The molecular formula is C17H29N3O. The lowest BCUT2D eigenvalue weighted by Crippen LogP contribution is -2.48. The van der Waals surface area contributed by atoms with Crippen molar-refractivity contribution in [2.24, 2.45) is 5.92 Å². The normalized spacial score (nSPS) is 22.9. The Morgan fingerprint density at radius 3 is 2.90 bits per heavy atom. The smallest absolute Gasteiger partial charge is 0.0723 e. The Balaban J connectivity index is 2.17. The summed E-state index contributed by atoms with van der Waals surface area (Å²) in [4.78, 5) is 6.95. The van der Waals surface area contributed by atoms with Gasteiger partial charge >= 0.3 is 0 Å². The molecule has 1 N–H and O–H groups in total. The van der Waals surface area contributed by atoms with Crippen LogP contribution in [0.25, 0.3) is 0 Å². The van der Waals surface area contributed by atoms with Gasteiger partial charge in [0, 0.05) is 42.3 Å². The van der Waals surface area contributed by atoms with Crippen LogP contribution < -0.4 is 10.2 Å². The fourth-order valence-corrected chi connectivity index (χ4v) is 2.71. The summed E-state index contributed by atoms with van der Waals surface area (Å²) in [6.45, 7) is 14.5. The van der Waals surface area contributed by atoms with Crippen LogP contribution >= 0.6 is 0 Å². The zero-order valence-electron chi connectivity index (χ0n) is 14.0. The van der Waals surface area contributed by atoms with Gasteiger partial charge in [-0.05, 0) is 39.3 Å².